The predicted octanol–water partition coefficient (Wildman–Crippen LogP) is -1.06. The number of aromatic nitrogens is 2. The lowest BCUT2D eigenvalue weighted by Gasteiger charge is -2.00. The van der Waals surface area contributed by atoms with Crippen LogP contribution in [0.4, 0.5) is 11.6 Å². The van der Waals surface area contributed by atoms with Crippen LogP contribution in [0.25, 0.3) is 0 Å². The number of nitrogen functional groups attached to an aromatic ring is 2. The normalized spacial score (nSPS) is 9.70. The van der Waals surface area contributed by atoms with E-state index in [1.807, 2.05) is 0 Å². The molecule has 0 radical (unpaired) electrons. The van der Waals surface area contributed by atoms with Gasteiger partial charge in [0, 0.05) is 13.1 Å². The third kappa shape index (κ3) is 0.928. The molecule has 0 aliphatic rings. The molecular weight excluding hydrogens is 132 g/mol. The zero-order valence-electron chi connectivity index (χ0n) is 5.53. The quantitative estimate of drug-likeness (QED) is 0.481. The summed E-state index contributed by atoms with van der Waals surface area (Å²) in [5.41, 5.74) is 10.2. The fraction of sp³-hybridized carbons (Fsp3) is 0.200. The van der Waals surface area contributed by atoms with Gasteiger partial charge in [0.1, 0.15) is 11.6 Å². The van der Waals surface area contributed by atoms with Gasteiger partial charge in [0.25, 0.3) is 0 Å². The molecule has 0 atom stereocenters. The van der Waals surface area contributed by atoms with Crippen LogP contribution >= 0.6 is 0 Å². The van der Waals surface area contributed by atoms with E-state index < -0.39 is 5.69 Å². The largest absolute Gasteiger partial charge is 0.385 e. The van der Waals surface area contributed by atoms with Crippen LogP contribution in [-0.2, 0) is 7.05 Å². The molecule has 1 heterocycles. The maximum atomic E-state index is 10.8. The van der Waals surface area contributed by atoms with Crippen LogP contribution in [0.3, 0.4) is 0 Å². The van der Waals surface area contributed by atoms with Gasteiger partial charge in [-0.15, -0.1) is 0 Å². The van der Waals surface area contributed by atoms with Crippen LogP contribution in [0, 0.1) is 0 Å². The Morgan fingerprint density at radius 3 is 2.70 bits per heavy atom. The molecule has 0 unspecified atom stereocenters. The molecule has 0 aliphatic carbocycles. The van der Waals surface area contributed by atoms with Gasteiger partial charge < -0.3 is 11.5 Å². The molecule has 0 saturated heterocycles. The monoisotopic (exact) mass is 140 g/mol. The van der Waals surface area contributed by atoms with E-state index in [1.54, 1.807) is 0 Å². The van der Waals surface area contributed by atoms with E-state index in [4.69, 9.17) is 11.5 Å². The Morgan fingerprint density at radius 1 is 1.60 bits per heavy atom. The number of nitrogens with two attached hydrogens (primary N) is 2. The molecule has 0 aromatic carbocycles. The molecular formula is C5H8N4O. The molecule has 0 fully saturated rings. The van der Waals surface area contributed by atoms with Crippen molar-refractivity contribution in [3.63, 3.8) is 0 Å². The Bertz CT molecular complexity index is 303. The van der Waals surface area contributed by atoms with Crippen LogP contribution in [0.2, 0.25) is 0 Å². The van der Waals surface area contributed by atoms with Gasteiger partial charge in [-0.1, -0.05) is 0 Å². The molecule has 0 saturated carbocycles. The lowest BCUT2D eigenvalue weighted by atomic mass is 10.5. The molecule has 0 aliphatic heterocycles. The number of hydrogen-bond acceptors (Lipinski definition) is 4. The summed E-state index contributed by atoms with van der Waals surface area (Å²) in [5.74, 6) is 0.470. The second-order valence-corrected chi connectivity index (χ2v) is 1.95. The first kappa shape index (κ1) is 6.60. The number of anilines is 2. The van der Waals surface area contributed by atoms with Crippen molar-refractivity contribution in [3.8, 4) is 0 Å². The lowest BCUT2D eigenvalue weighted by Crippen LogP contribution is -2.23. The molecule has 1 aromatic rings. The summed E-state index contributed by atoms with van der Waals surface area (Å²) in [6, 6.07) is 1.43. The van der Waals surface area contributed by atoms with Crippen molar-refractivity contribution in [3.05, 3.63) is 16.6 Å². The Labute approximate surface area is 57.3 Å². The standard InChI is InChI=1S/C5H8N4O/c1-9-4(7)2-3(6)8-5(9)10/h2H,7H2,1H3,(H2,6,8,10). The highest BCUT2D eigenvalue weighted by Gasteiger charge is 1.96. The van der Waals surface area contributed by atoms with Crippen LogP contribution < -0.4 is 17.2 Å². The summed E-state index contributed by atoms with van der Waals surface area (Å²) < 4.78 is 1.22. The van der Waals surface area contributed by atoms with Crippen molar-refractivity contribution in [2.45, 2.75) is 0 Å². The van der Waals surface area contributed by atoms with Crippen LogP contribution in [0.15, 0.2) is 10.9 Å². The van der Waals surface area contributed by atoms with E-state index in [0.717, 1.165) is 0 Å². The Hall–Kier alpha value is -1.52. The second kappa shape index (κ2) is 2.02. The highest BCUT2D eigenvalue weighted by atomic mass is 16.1. The summed E-state index contributed by atoms with van der Waals surface area (Å²) in [6.07, 6.45) is 0. The predicted molar refractivity (Wildman–Crippen MR) is 38.3 cm³/mol. The van der Waals surface area contributed by atoms with Crippen LogP contribution in [0.5, 0.6) is 0 Å². The first-order chi connectivity index (χ1) is 4.61. The molecule has 0 amide bonds. The third-order valence-electron chi connectivity index (χ3n) is 1.19. The van der Waals surface area contributed by atoms with Crippen molar-refractivity contribution < 1.29 is 0 Å². The smallest absolute Gasteiger partial charge is 0.350 e. The third-order valence-corrected chi connectivity index (χ3v) is 1.19. The zero-order chi connectivity index (χ0) is 7.72. The van der Waals surface area contributed by atoms with Crippen molar-refractivity contribution in [2.24, 2.45) is 7.05 Å². The maximum Gasteiger partial charge on any atom is 0.350 e. The minimum Gasteiger partial charge on any atom is -0.385 e. The number of hydrogen-bond donors (Lipinski definition) is 2. The van der Waals surface area contributed by atoms with E-state index >= 15 is 0 Å². The van der Waals surface area contributed by atoms with E-state index in [2.05, 4.69) is 4.98 Å². The van der Waals surface area contributed by atoms with Gasteiger partial charge in [-0.3, -0.25) is 4.57 Å². The molecule has 4 N–H and O–H groups in total. The highest BCUT2D eigenvalue weighted by Crippen LogP contribution is 1.98. The minimum atomic E-state index is -0.433. The van der Waals surface area contributed by atoms with E-state index in [-0.39, 0.29) is 5.82 Å². The van der Waals surface area contributed by atoms with Gasteiger partial charge in [-0.25, -0.2) is 4.79 Å². The van der Waals surface area contributed by atoms with Crippen molar-refractivity contribution >= 4 is 11.6 Å². The Balaban J connectivity index is 3.46. The maximum absolute atomic E-state index is 10.8. The van der Waals surface area contributed by atoms with Crippen LogP contribution in [-0.4, -0.2) is 9.55 Å². The molecule has 5 nitrogen and oxygen atoms in total. The molecule has 1 aromatic heterocycles. The summed E-state index contributed by atoms with van der Waals surface area (Å²) >= 11 is 0. The molecule has 54 valence electrons. The van der Waals surface area contributed by atoms with Crippen molar-refractivity contribution in [1.82, 2.24) is 9.55 Å². The fourth-order valence-corrected chi connectivity index (χ4v) is 0.576. The molecule has 0 bridgehead atoms. The first-order valence-electron chi connectivity index (χ1n) is 2.70. The van der Waals surface area contributed by atoms with E-state index in [1.165, 1.54) is 17.7 Å². The van der Waals surface area contributed by atoms with Crippen LogP contribution in [0.1, 0.15) is 0 Å². The minimum absolute atomic E-state index is 0.153. The Kier molecular flexibility index (Phi) is 1.33. The highest BCUT2D eigenvalue weighted by molar-refractivity contribution is 5.40. The van der Waals surface area contributed by atoms with Gasteiger partial charge >= 0.3 is 5.69 Å². The van der Waals surface area contributed by atoms with E-state index in [9.17, 15) is 4.79 Å². The van der Waals surface area contributed by atoms with Crippen molar-refractivity contribution in [1.29, 1.82) is 0 Å². The summed E-state index contributed by atoms with van der Waals surface area (Å²) in [7, 11) is 1.53. The molecule has 0 spiro atoms. The van der Waals surface area contributed by atoms with Gasteiger partial charge in [-0.2, -0.15) is 4.98 Å². The lowest BCUT2D eigenvalue weighted by molar-refractivity contribution is 0.827. The van der Waals surface area contributed by atoms with Gasteiger partial charge in [0.15, 0.2) is 0 Å². The average Bonchev–Trinajstić information content (AvgIpc) is 1.82. The van der Waals surface area contributed by atoms with Gasteiger partial charge in [0.05, 0.1) is 0 Å². The molecule has 1 rings (SSSR count). The summed E-state index contributed by atoms with van der Waals surface area (Å²) in [5, 5.41) is 0. The zero-order valence-corrected chi connectivity index (χ0v) is 5.53. The topological polar surface area (TPSA) is 86.9 Å². The van der Waals surface area contributed by atoms with Gasteiger partial charge in [0.2, 0.25) is 0 Å². The molecule has 5 heteroatoms. The van der Waals surface area contributed by atoms with Crippen molar-refractivity contribution in [2.75, 3.05) is 11.5 Å². The summed E-state index contributed by atoms with van der Waals surface area (Å²) in [4.78, 5) is 14.2. The fourth-order valence-electron chi connectivity index (χ4n) is 0.576. The second-order valence-electron chi connectivity index (χ2n) is 1.95. The molecule has 10 heavy (non-hydrogen) atoms. The number of rotatable bonds is 0. The number of nitrogens with zero attached hydrogens (tertiary/aromatic N) is 2. The average molecular weight is 140 g/mol. The SMILES string of the molecule is Cn1c(N)cc(N)nc1=O. The Morgan fingerprint density at radius 2 is 2.20 bits per heavy atom. The van der Waals surface area contributed by atoms with Gasteiger partial charge in [-0.05, 0) is 0 Å². The van der Waals surface area contributed by atoms with E-state index in [0.29, 0.717) is 5.82 Å². The summed E-state index contributed by atoms with van der Waals surface area (Å²) in [6.45, 7) is 0. The first-order valence-corrected chi connectivity index (χ1v) is 2.70.